The molecule has 1 aliphatic rings. The Labute approximate surface area is 167 Å². The molecule has 0 saturated heterocycles. The van der Waals surface area contributed by atoms with Crippen LogP contribution in [-0.2, 0) is 14.8 Å². The van der Waals surface area contributed by atoms with E-state index in [9.17, 15) is 13.2 Å². The highest BCUT2D eigenvalue weighted by Crippen LogP contribution is 2.28. The number of carbonyl (C=O) groups is 1. The van der Waals surface area contributed by atoms with Crippen LogP contribution >= 0.6 is 11.8 Å². The Morgan fingerprint density at radius 1 is 1.30 bits per heavy atom. The number of benzene rings is 1. The summed E-state index contributed by atoms with van der Waals surface area (Å²) in [6.45, 7) is 2.56. The first-order valence-corrected chi connectivity index (χ1v) is 12.3. The number of nitrogens with one attached hydrogen (secondary N) is 1. The van der Waals surface area contributed by atoms with E-state index in [0.717, 1.165) is 17.3 Å². The molecule has 1 atom stereocenters. The number of anilines is 1. The van der Waals surface area contributed by atoms with E-state index in [-0.39, 0.29) is 5.91 Å². The normalized spacial score (nSPS) is 16.1. The molecule has 1 fully saturated rings. The van der Waals surface area contributed by atoms with Crippen LogP contribution in [0.4, 0.5) is 5.69 Å². The first-order valence-electron chi connectivity index (χ1n) is 9.41. The minimum atomic E-state index is -3.30. The molecule has 6 nitrogen and oxygen atoms in total. The summed E-state index contributed by atoms with van der Waals surface area (Å²) >= 11 is 1.95. The predicted octanol–water partition coefficient (Wildman–Crippen LogP) is 3.03. The molecule has 8 heteroatoms. The number of carbonyl (C=O) groups excluding carboxylic acids is 1. The van der Waals surface area contributed by atoms with Gasteiger partial charge in [-0.1, -0.05) is 19.8 Å². The molecule has 1 unspecified atom stereocenters. The fourth-order valence-electron chi connectivity index (χ4n) is 2.98. The first-order chi connectivity index (χ1) is 12.8. The van der Waals surface area contributed by atoms with Crippen molar-refractivity contribution < 1.29 is 17.9 Å². The average molecular weight is 415 g/mol. The number of rotatable bonds is 10. The summed E-state index contributed by atoms with van der Waals surface area (Å²) in [6.07, 6.45) is 6.41. The van der Waals surface area contributed by atoms with E-state index >= 15 is 0 Å². The van der Waals surface area contributed by atoms with Crippen molar-refractivity contribution in [2.45, 2.75) is 50.4 Å². The van der Waals surface area contributed by atoms with Crippen LogP contribution in [0.3, 0.4) is 0 Å². The number of amides is 1. The molecule has 1 saturated carbocycles. The number of thioether (sulfide) groups is 1. The molecule has 0 aliphatic heterocycles. The highest BCUT2D eigenvalue weighted by molar-refractivity contribution is 7.99. The van der Waals surface area contributed by atoms with Gasteiger partial charge in [0, 0.05) is 24.6 Å². The van der Waals surface area contributed by atoms with Gasteiger partial charge in [-0.15, -0.1) is 0 Å². The van der Waals surface area contributed by atoms with E-state index in [2.05, 4.69) is 5.32 Å². The van der Waals surface area contributed by atoms with Crippen LogP contribution in [0, 0.1) is 0 Å². The van der Waals surface area contributed by atoms with Gasteiger partial charge >= 0.3 is 0 Å². The molecule has 0 radical (unpaired) electrons. The van der Waals surface area contributed by atoms with E-state index in [1.54, 1.807) is 24.3 Å². The van der Waals surface area contributed by atoms with Gasteiger partial charge in [0.2, 0.25) is 10.0 Å². The Kier molecular flexibility index (Phi) is 8.28. The molecule has 1 amide bonds. The first kappa shape index (κ1) is 21.9. The van der Waals surface area contributed by atoms with Crippen LogP contribution in [0.1, 0.15) is 39.0 Å². The van der Waals surface area contributed by atoms with Gasteiger partial charge in [0.25, 0.3) is 5.91 Å². The maximum atomic E-state index is 12.3. The lowest BCUT2D eigenvalue weighted by atomic mass is 10.2. The van der Waals surface area contributed by atoms with Crippen LogP contribution in [-0.4, -0.2) is 51.3 Å². The molecule has 27 heavy (non-hydrogen) atoms. The van der Waals surface area contributed by atoms with Gasteiger partial charge < -0.3 is 10.1 Å². The molecule has 1 N–H and O–H groups in total. The van der Waals surface area contributed by atoms with E-state index in [4.69, 9.17) is 4.74 Å². The molecule has 1 aromatic rings. The Morgan fingerprint density at radius 3 is 2.48 bits per heavy atom. The van der Waals surface area contributed by atoms with Crippen molar-refractivity contribution in [2.75, 3.05) is 29.9 Å². The number of hydrogen-bond donors (Lipinski definition) is 1. The highest BCUT2D eigenvalue weighted by atomic mass is 32.2. The third-order valence-electron chi connectivity index (χ3n) is 4.70. The Morgan fingerprint density at radius 2 is 1.93 bits per heavy atom. The lowest BCUT2D eigenvalue weighted by molar-refractivity contribution is -0.127. The van der Waals surface area contributed by atoms with Crippen LogP contribution < -0.4 is 14.4 Å². The summed E-state index contributed by atoms with van der Waals surface area (Å²) < 4.78 is 30.1. The van der Waals surface area contributed by atoms with Gasteiger partial charge in [0.1, 0.15) is 5.75 Å². The van der Waals surface area contributed by atoms with Gasteiger partial charge in [0.05, 0.1) is 11.9 Å². The summed E-state index contributed by atoms with van der Waals surface area (Å²) in [5.41, 5.74) is 0.547. The SMILES string of the molecule is CCC(Oc1ccc(N(C)S(C)(=O)=O)cc1)C(=O)NCCSC1CCCC1. The molecule has 0 heterocycles. The summed E-state index contributed by atoms with van der Waals surface area (Å²) in [7, 11) is -1.81. The Balaban J connectivity index is 1.81. The van der Waals surface area contributed by atoms with Gasteiger partial charge in [-0.05, 0) is 43.5 Å². The number of nitrogens with zero attached hydrogens (tertiary/aromatic N) is 1. The van der Waals surface area contributed by atoms with Gasteiger partial charge in [-0.2, -0.15) is 11.8 Å². The third kappa shape index (κ3) is 6.92. The highest BCUT2D eigenvalue weighted by Gasteiger charge is 2.19. The summed E-state index contributed by atoms with van der Waals surface area (Å²) in [5.74, 6) is 1.36. The molecule has 0 bridgehead atoms. The zero-order valence-corrected chi connectivity index (χ0v) is 17.9. The second-order valence-electron chi connectivity index (χ2n) is 6.81. The lowest BCUT2D eigenvalue weighted by Gasteiger charge is -2.19. The van der Waals surface area contributed by atoms with Crippen molar-refractivity contribution in [1.29, 1.82) is 0 Å². The monoisotopic (exact) mass is 414 g/mol. The van der Waals surface area contributed by atoms with Crippen LogP contribution in [0.2, 0.25) is 0 Å². The van der Waals surface area contributed by atoms with Crippen molar-refractivity contribution in [1.82, 2.24) is 5.32 Å². The summed E-state index contributed by atoms with van der Waals surface area (Å²) in [6, 6.07) is 6.70. The lowest BCUT2D eigenvalue weighted by Crippen LogP contribution is -2.39. The van der Waals surface area contributed by atoms with Gasteiger partial charge in [0.15, 0.2) is 6.10 Å². The average Bonchev–Trinajstić information content (AvgIpc) is 3.15. The van der Waals surface area contributed by atoms with E-state index in [1.807, 2.05) is 18.7 Å². The Bertz CT molecular complexity index is 701. The summed E-state index contributed by atoms with van der Waals surface area (Å²) in [4.78, 5) is 12.3. The zero-order valence-electron chi connectivity index (χ0n) is 16.3. The quantitative estimate of drug-likeness (QED) is 0.596. The number of sulfonamides is 1. The zero-order chi connectivity index (χ0) is 19.9. The van der Waals surface area contributed by atoms with Crippen LogP contribution in [0.15, 0.2) is 24.3 Å². The molecule has 0 spiro atoms. The molecule has 2 rings (SSSR count). The van der Waals surface area contributed by atoms with Crippen molar-refractivity contribution in [3.63, 3.8) is 0 Å². The largest absolute Gasteiger partial charge is 0.481 e. The van der Waals surface area contributed by atoms with E-state index < -0.39 is 16.1 Å². The van der Waals surface area contributed by atoms with Crippen molar-refractivity contribution in [3.05, 3.63) is 24.3 Å². The minimum Gasteiger partial charge on any atom is -0.481 e. The third-order valence-corrected chi connectivity index (χ3v) is 7.28. The number of ether oxygens (including phenoxy) is 1. The van der Waals surface area contributed by atoms with Crippen molar-refractivity contribution in [3.8, 4) is 5.75 Å². The second-order valence-corrected chi connectivity index (χ2v) is 10.2. The summed E-state index contributed by atoms with van der Waals surface area (Å²) in [5, 5.41) is 3.71. The minimum absolute atomic E-state index is 0.109. The van der Waals surface area contributed by atoms with E-state index in [1.165, 1.54) is 37.0 Å². The number of hydrogen-bond acceptors (Lipinski definition) is 5. The van der Waals surface area contributed by atoms with Gasteiger partial charge in [-0.25, -0.2) is 8.42 Å². The molecular weight excluding hydrogens is 384 g/mol. The molecule has 1 aromatic carbocycles. The standard InChI is InChI=1S/C19H30N2O4S2/c1-4-18(19(22)20-13-14-26-17-7-5-6-8-17)25-16-11-9-15(10-12-16)21(2)27(3,23)24/h9-12,17-18H,4-8,13-14H2,1-3H3,(H,20,22). The van der Waals surface area contributed by atoms with Gasteiger partial charge in [-0.3, -0.25) is 9.10 Å². The van der Waals surface area contributed by atoms with E-state index in [0.29, 0.717) is 24.4 Å². The smallest absolute Gasteiger partial charge is 0.261 e. The Hall–Kier alpha value is -1.41. The fourth-order valence-corrected chi connectivity index (χ4v) is 4.71. The molecule has 0 aromatic heterocycles. The maximum absolute atomic E-state index is 12.3. The predicted molar refractivity (Wildman–Crippen MR) is 112 cm³/mol. The van der Waals surface area contributed by atoms with Crippen molar-refractivity contribution in [2.24, 2.45) is 0 Å². The van der Waals surface area contributed by atoms with Crippen LogP contribution in [0.25, 0.3) is 0 Å². The van der Waals surface area contributed by atoms with Crippen LogP contribution in [0.5, 0.6) is 5.75 Å². The fraction of sp³-hybridized carbons (Fsp3) is 0.632. The van der Waals surface area contributed by atoms with Crippen molar-refractivity contribution >= 4 is 33.4 Å². The molecule has 152 valence electrons. The molecule has 1 aliphatic carbocycles. The second kappa shape index (κ2) is 10.2. The molecular formula is C19H30N2O4S2. The topological polar surface area (TPSA) is 75.7 Å². The maximum Gasteiger partial charge on any atom is 0.261 e.